The lowest BCUT2D eigenvalue weighted by molar-refractivity contribution is 0.00511. The van der Waals surface area contributed by atoms with Crippen molar-refractivity contribution in [2.75, 3.05) is 12.8 Å². The Labute approximate surface area is 141 Å². The zero-order chi connectivity index (χ0) is 17.2. The molecule has 1 aliphatic rings. The molecule has 1 aromatic carbocycles. The number of hydrogen-bond donors (Lipinski definition) is 0. The molecular weight excluding hydrogens is 310 g/mol. The number of ether oxygens (including phenoxy) is 1. The van der Waals surface area contributed by atoms with Gasteiger partial charge in [-0.05, 0) is 57.2 Å². The van der Waals surface area contributed by atoms with Crippen LogP contribution in [-0.2, 0) is 15.5 Å². The Morgan fingerprint density at radius 3 is 2.39 bits per heavy atom. The zero-order valence-corrected chi connectivity index (χ0v) is 15.5. The van der Waals surface area contributed by atoms with Gasteiger partial charge >= 0.3 is 6.09 Å². The Bertz CT molecular complexity index is 577. The molecule has 0 radical (unpaired) electrons. The van der Waals surface area contributed by atoms with E-state index in [1.54, 1.807) is 6.26 Å². The first-order valence-electron chi connectivity index (χ1n) is 8.10. The third-order valence-electron chi connectivity index (χ3n) is 4.09. The van der Waals surface area contributed by atoms with Crippen molar-refractivity contribution < 1.29 is 13.7 Å². The summed E-state index contributed by atoms with van der Waals surface area (Å²) in [6.07, 6.45) is 3.34. The number of hydrogen-bond acceptors (Lipinski definition) is 3. The summed E-state index contributed by atoms with van der Waals surface area (Å²) in [5, 5.41) is 0. The molecule has 0 aromatic heterocycles. The van der Waals surface area contributed by atoms with Gasteiger partial charge in [0.1, 0.15) is 5.60 Å². The Hall–Kier alpha value is -1.36. The fraction of sp³-hybridized carbons (Fsp3) is 0.611. The van der Waals surface area contributed by atoms with Gasteiger partial charge in [0, 0.05) is 28.5 Å². The summed E-state index contributed by atoms with van der Waals surface area (Å²) in [5.74, 6) is 0.568. The van der Waals surface area contributed by atoms with E-state index in [1.807, 2.05) is 49.9 Å². The van der Waals surface area contributed by atoms with Crippen LogP contribution in [0.25, 0.3) is 0 Å². The van der Waals surface area contributed by atoms with Gasteiger partial charge in [-0.3, -0.25) is 4.21 Å². The second-order valence-corrected chi connectivity index (χ2v) is 8.72. The van der Waals surface area contributed by atoms with Crippen molar-refractivity contribution in [1.82, 2.24) is 4.90 Å². The summed E-state index contributed by atoms with van der Waals surface area (Å²) in [7, 11) is -0.985. The van der Waals surface area contributed by atoms with Gasteiger partial charge in [0.15, 0.2) is 0 Å². The van der Waals surface area contributed by atoms with Crippen LogP contribution in [0.5, 0.6) is 0 Å². The summed E-state index contributed by atoms with van der Waals surface area (Å²) in [4.78, 5) is 15.2. The highest BCUT2D eigenvalue weighted by atomic mass is 32.2. The maximum Gasteiger partial charge on any atom is 0.410 e. The average molecular weight is 337 g/mol. The van der Waals surface area contributed by atoms with E-state index in [9.17, 15) is 9.00 Å². The predicted octanol–water partition coefficient (Wildman–Crippen LogP) is 4.13. The van der Waals surface area contributed by atoms with Crippen LogP contribution < -0.4 is 0 Å². The molecule has 1 aliphatic heterocycles. The molecule has 0 bridgehead atoms. The van der Waals surface area contributed by atoms with E-state index in [1.165, 1.54) is 0 Å². The number of nitrogens with zero attached hydrogens (tertiary/aromatic N) is 1. The molecule has 0 N–H and O–H groups in total. The first-order chi connectivity index (χ1) is 10.7. The minimum absolute atomic E-state index is 0.0212. The monoisotopic (exact) mass is 337 g/mol. The van der Waals surface area contributed by atoms with Gasteiger partial charge in [-0.1, -0.05) is 19.1 Å². The molecule has 128 valence electrons. The lowest BCUT2D eigenvalue weighted by atomic mass is 9.88. The molecule has 0 aliphatic carbocycles. The fourth-order valence-electron chi connectivity index (χ4n) is 2.88. The van der Waals surface area contributed by atoms with Crippen LogP contribution >= 0.6 is 0 Å². The van der Waals surface area contributed by atoms with Crippen molar-refractivity contribution in [2.24, 2.45) is 5.92 Å². The largest absolute Gasteiger partial charge is 0.444 e. The van der Waals surface area contributed by atoms with Crippen molar-refractivity contribution in [2.45, 2.75) is 57.1 Å². The van der Waals surface area contributed by atoms with Gasteiger partial charge in [0.25, 0.3) is 0 Å². The van der Waals surface area contributed by atoms with E-state index in [4.69, 9.17) is 4.74 Å². The number of piperidine rings is 1. The Morgan fingerprint density at radius 1 is 1.26 bits per heavy atom. The van der Waals surface area contributed by atoms with Crippen molar-refractivity contribution in [3.05, 3.63) is 29.8 Å². The van der Waals surface area contributed by atoms with Gasteiger partial charge in [-0.2, -0.15) is 0 Å². The van der Waals surface area contributed by atoms with Crippen LogP contribution in [0.1, 0.15) is 52.1 Å². The van der Waals surface area contributed by atoms with E-state index in [0.29, 0.717) is 12.5 Å². The minimum Gasteiger partial charge on any atom is -0.444 e. The SMILES string of the molecule is C[C@@H]1CCN(C(=O)OC(C)(C)C)[C@H](c2ccc(S(C)=O)cc2)C1. The van der Waals surface area contributed by atoms with Crippen LogP contribution in [0.15, 0.2) is 29.2 Å². The molecule has 0 saturated carbocycles. The van der Waals surface area contributed by atoms with E-state index in [2.05, 4.69) is 6.92 Å². The minimum atomic E-state index is -0.985. The quantitative estimate of drug-likeness (QED) is 0.815. The third-order valence-corrected chi connectivity index (χ3v) is 5.03. The first kappa shape index (κ1) is 18.0. The molecule has 3 atom stereocenters. The van der Waals surface area contributed by atoms with Crippen LogP contribution in [0.4, 0.5) is 4.79 Å². The second-order valence-electron chi connectivity index (χ2n) is 7.34. The predicted molar refractivity (Wildman–Crippen MR) is 92.9 cm³/mol. The molecule has 2 rings (SSSR count). The molecule has 1 amide bonds. The van der Waals surface area contributed by atoms with Gasteiger partial charge in [-0.15, -0.1) is 0 Å². The van der Waals surface area contributed by atoms with Crippen LogP contribution in [0.2, 0.25) is 0 Å². The number of amides is 1. The highest BCUT2D eigenvalue weighted by molar-refractivity contribution is 7.84. The molecule has 4 nitrogen and oxygen atoms in total. The van der Waals surface area contributed by atoms with Crippen LogP contribution in [0.3, 0.4) is 0 Å². The summed E-state index contributed by atoms with van der Waals surface area (Å²) in [6.45, 7) is 8.59. The summed E-state index contributed by atoms with van der Waals surface area (Å²) < 4.78 is 17.1. The lowest BCUT2D eigenvalue weighted by Crippen LogP contribution is -2.43. The highest BCUT2D eigenvalue weighted by Gasteiger charge is 2.33. The van der Waals surface area contributed by atoms with Crippen LogP contribution in [0, 0.1) is 5.92 Å². The summed E-state index contributed by atoms with van der Waals surface area (Å²) in [6, 6.07) is 7.76. The normalized spacial score (nSPS) is 23.4. The number of likely N-dealkylation sites (tertiary alicyclic amines) is 1. The Kier molecular flexibility index (Phi) is 5.50. The standard InChI is InChI=1S/C18H27NO3S/c1-13-10-11-19(17(20)22-18(2,3)4)16(12-13)14-6-8-15(9-7-14)23(5)21/h6-9,13,16H,10-12H2,1-5H3/t13-,16+,23?/m1/s1. The van der Waals surface area contributed by atoms with E-state index in [0.717, 1.165) is 23.3 Å². The molecular formula is C18H27NO3S. The topological polar surface area (TPSA) is 46.6 Å². The zero-order valence-electron chi connectivity index (χ0n) is 14.7. The lowest BCUT2D eigenvalue weighted by Gasteiger charge is -2.39. The molecule has 1 fully saturated rings. The molecule has 23 heavy (non-hydrogen) atoms. The highest BCUT2D eigenvalue weighted by Crippen LogP contribution is 2.35. The van der Waals surface area contributed by atoms with Gasteiger partial charge in [-0.25, -0.2) is 4.79 Å². The smallest absolute Gasteiger partial charge is 0.410 e. The van der Waals surface area contributed by atoms with Crippen molar-refractivity contribution >= 4 is 16.9 Å². The summed E-state index contributed by atoms with van der Waals surface area (Å²) in [5.41, 5.74) is 0.588. The number of carbonyl (C=O) groups excluding carboxylic acids is 1. The van der Waals surface area contributed by atoms with Gasteiger partial charge < -0.3 is 9.64 Å². The molecule has 1 unspecified atom stereocenters. The van der Waals surface area contributed by atoms with Crippen molar-refractivity contribution in [3.63, 3.8) is 0 Å². The molecule has 1 aromatic rings. The molecule has 5 heteroatoms. The Morgan fingerprint density at radius 2 is 1.87 bits per heavy atom. The van der Waals surface area contributed by atoms with E-state index < -0.39 is 16.4 Å². The fourth-order valence-corrected chi connectivity index (χ4v) is 3.40. The Balaban J connectivity index is 2.23. The molecule has 1 heterocycles. The van der Waals surface area contributed by atoms with Crippen molar-refractivity contribution in [3.8, 4) is 0 Å². The first-order valence-corrected chi connectivity index (χ1v) is 9.66. The van der Waals surface area contributed by atoms with E-state index >= 15 is 0 Å². The third kappa shape index (κ3) is 4.80. The van der Waals surface area contributed by atoms with Gasteiger partial charge in [0.05, 0.1) is 6.04 Å². The van der Waals surface area contributed by atoms with E-state index in [-0.39, 0.29) is 12.1 Å². The van der Waals surface area contributed by atoms with Gasteiger partial charge in [0.2, 0.25) is 0 Å². The van der Waals surface area contributed by atoms with Crippen LogP contribution in [-0.4, -0.2) is 33.6 Å². The average Bonchev–Trinajstić information content (AvgIpc) is 2.45. The number of carbonyl (C=O) groups is 1. The maximum absolute atomic E-state index is 12.5. The van der Waals surface area contributed by atoms with Crippen molar-refractivity contribution in [1.29, 1.82) is 0 Å². The maximum atomic E-state index is 12.5. The number of benzene rings is 1. The molecule has 1 saturated heterocycles. The second kappa shape index (κ2) is 7.04. The number of rotatable bonds is 2. The summed E-state index contributed by atoms with van der Waals surface area (Å²) >= 11 is 0. The molecule has 0 spiro atoms.